The lowest BCUT2D eigenvalue weighted by molar-refractivity contribution is -0.114. The zero-order valence-electron chi connectivity index (χ0n) is 13.9. The number of benzene rings is 2. The Bertz CT molecular complexity index is 932. The summed E-state index contributed by atoms with van der Waals surface area (Å²) in [5, 5.41) is 1.56. The first-order valence-electron chi connectivity index (χ1n) is 7.50. The quantitative estimate of drug-likeness (QED) is 0.758. The third-order valence-electron chi connectivity index (χ3n) is 3.50. The second-order valence-electron chi connectivity index (χ2n) is 5.44. The molecular formula is C17H16ClFN2O4S. The van der Waals surface area contributed by atoms with E-state index in [0.29, 0.717) is 9.99 Å². The Morgan fingerprint density at radius 2 is 1.69 bits per heavy atom. The minimum atomic E-state index is -4.29. The van der Waals surface area contributed by atoms with Gasteiger partial charge in [-0.1, -0.05) is 12.1 Å². The highest BCUT2D eigenvalue weighted by Crippen LogP contribution is 2.29. The van der Waals surface area contributed by atoms with Gasteiger partial charge in [-0.05, 0) is 54.9 Å². The van der Waals surface area contributed by atoms with Crippen molar-refractivity contribution >= 4 is 44.1 Å². The molecule has 0 aliphatic rings. The van der Waals surface area contributed by atoms with Gasteiger partial charge < -0.3 is 5.32 Å². The number of para-hydroxylation sites is 1. The molecule has 6 nitrogen and oxygen atoms in total. The van der Waals surface area contributed by atoms with Gasteiger partial charge in [-0.15, -0.1) is 0 Å². The average molecular weight is 399 g/mol. The van der Waals surface area contributed by atoms with Crippen LogP contribution >= 0.6 is 11.6 Å². The summed E-state index contributed by atoms with van der Waals surface area (Å²) >= 11 is 5.49. The molecule has 1 N–H and O–H groups in total. The molecule has 0 saturated heterocycles. The van der Waals surface area contributed by atoms with Gasteiger partial charge in [0, 0.05) is 12.6 Å². The standard InChI is InChI=1S/C17H16ClFN2O4S/c1-11(17(18)23)21(16-6-4-3-5-15(16)19)26(24,25)14-9-7-13(8-10-14)20-12(2)22/h3-11H,1-2H3,(H,20,22). The topological polar surface area (TPSA) is 83.6 Å². The van der Waals surface area contributed by atoms with E-state index in [2.05, 4.69) is 5.32 Å². The van der Waals surface area contributed by atoms with Crippen LogP contribution in [0.2, 0.25) is 0 Å². The number of sulfonamides is 1. The van der Waals surface area contributed by atoms with Crippen LogP contribution in [0.1, 0.15) is 13.8 Å². The van der Waals surface area contributed by atoms with Gasteiger partial charge in [-0.3, -0.25) is 13.9 Å². The first-order valence-corrected chi connectivity index (χ1v) is 9.32. The van der Waals surface area contributed by atoms with Gasteiger partial charge in [-0.25, -0.2) is 12.8 Å². The lowest BCUT2D eigenvalue weighted by Crippen LogP contribution is -2.42. The lowest BCUT2D eigenvalue weighted by atomic mass is 10.2. The molecule has 0 aromatic heterocycles. The fourth-order valence-corrected chi connectivity index (χ4v) is 4.08. The highest BCUT2D eigenvalue weighted by atomic mass is 35.5. The molecule has 26 heavy (non-hydrogen) atoms. The van der Waals surface area contributed by atoms with Crippen molar-refractivity contribution < 1.29 is 22.4 Å². The average Bonchev–Trinajstić information content (AvgIpc) is 2.56. The van der Waals surface area contributed by atoms with E-state index in [1.807, 2.05) is 0 Å². The number of nitrogens with zero attached hydrogens (tertiary/aromatic N) is 1. The molecule has 0 saturated carbocycles. The highest BCUT2D eigenvalue weighted by Gasteiger charge is 2.34. The van der Waals surface area contributed by atoms with Crippen LogP contribution in [-0.4, -0.2) is 25.6 Å². The maximum atomic E-state index is 14.2. The van der Waals surface area contributed by atoms with Crippen LogP contribution in [-0.2, 0) is 19.6 Å². The molecule has 2 aromatic rings. The molecule has 1 atom stereocenters. The molecule has 0 aliphatic carbocycles. The van der Waals surface area contributed by atoms with Crippen LogP contribution in [0.5, 0.6) is 0 Å². The van der Waals surface area contributed by atoms with Gasteiger partial charge in [0.15, 0.2) is 0 Å². The minimum absolute atomic E-state index is 0.181. The van der Waals surface area contributed by atoms with Gasteiger partial charge in [-0.2, -0.15) is 0 Å². The molecule has 0 heterocycles. The molecule has 0 aliphatic heterocycles. The lowest BCUT2D eigenvalue weighted by Gasteiger charge is -2.28. The Labute approximate surface area is 155 Å². The van der Waals surface area contributed by atoms with Gasteiger partial charge >= 0.3 is 0 Å². The van der Waals surface area contributed by atoms with Crippen LogP contribution in [0.25, 0.3) is 0 Å². The second kappa shape index (κ2) is 7.84. The van der Waals surface area contributed by atoms with Crippen molar-refractivity contribution in [1.82, 2.24) is 0 Å². The number of carbonyl (C=O) groups is 2. The van der Waals surface area contributed by atoms with Crippen LogP contribution in [0.4, 0.5) is 15.8 Å². The summed E-state index contributed by atoms with van der Waals surface area (Å²) in [7, 11) is -4.29. The largest absolute Gasteiger partial charge is 0.326 e. The predicted molar refractivity (Wildman–Crippen MR) is 97.1 cm³/mol. The summed E-state index contributed by atoms with van der Waals surface area (Å²) in [5.41, 5.74) is 0.107. The molecule has 2 aromatic carbocycles. The third kappa shape index (κ3) is 4.20. The highest BCUT2D eigenvalue weighted by molar-refractivity contribution is 7.93. The molecule has 0 radical (unpaired) electrons. The molecule has 0 fully saturated rings. The SMILES string of the molecule is CC(=O)Nc1ccc(S(=O)(=O)N(c2ccccc2F)C(C)C(=O)Cl)cc1. The molecule has 9 heteroatoms. The fraction of sp³-hybridized carbons (Fsp3) is 0.176. The Morgan fingerprint density at radius 1 is 1.12 bits per heavy atom. The molecule has 1 amide bonds. The van der Waals surface area contributed by atoms with Crippen molar-refractivity contribution in [3.05, 3.63) is 54.3 Å². The summed E-state index contributed by atoms with van der Waals surface area (Å²) in [4.78, 5) is 22.5. The Balaban J connectivity index is 2.54. The van der Waals surface area contributed by atoms with Crippen molar-refractivity contribution in [2.24, 2.45) is 0 Å². The van der Waals surface area contributed by atoms with Crippen molar-refractivity contribution in [2.45, 2.75) is 24.8 Å². The maximum Gasteiger partial charge on any atom is 0.265 e. The van der Waals surface area contributed by atoms with E-state index < -0.39 is 27.1 Å². The van der Waals surface area contributed by atoms with Crippen LogP contribution in [0.15, 0.2) is 53.4 Å². The van der Waals surface area contributed by atoms with E-state index in [9.17, 15) is 22.4 Å². The first-order chi connectivity index (χ1) is 12.1. The number of carbonyl (C=O) groups excluding carboxylic acids is 2. The molecule has 2 rings (SSSR count). The van der Waals surface area contributed by atoms with Crippen LogP contribution in [0, 0.1) is 5.82 Å². The summed E-state index contributed by atoms with van der Waals surface area (Å²) in [6.07, 6.45) is 0. The van der Waals surface area contributed by atoms with E-state index in [-0.39, 0.29) is 16.5 Å². The van der Waals surface area contributed by atoms with Crippen molar-refractivity contribution in [3.63, 3.8) is 0 Å². The van der Waals surface area contributed by atoms with Gasteiger partial charge in [0.1, 0.15) is 11.9 Å². The maximum absolute atomic E-state index is 14.2. The molecule has 0 spiro atoms. The van der Waals surface area contributed by atoms with Gasteiger partial charge in [0.2, 0.25) is 11.1 Å². The third-order valence-corrected chi connectivity index (χ3v) is 5.72. The molecule has 0 bridgehead atoms. The number of rotatable bonds is 6. The van der Waals surface area contributed by atoms with Crippen LogP contribution < -0.4 is 9.62 Å². The summed E-state index contributed by atoms with van der Waals surface area (Å²) in [6.45, 7) is 2.59. The number of hydrogen-bond acceptors (Lipinski definition) is 4. The van der Waals surface area contributed by atoms with Crippen molar-refractivity contribution in [1.29, 1.82) is 0 Å². The van der Waals surface area contributed by atoms with Crippen molar-refractivity contribution in [3.8, 4) is 0 Å². The van der Waals surface area contributed by atoms with Crippen molar-refractivity contribution in [2.75, 3.05) is 9.62 Å². The Kier molecular flexibility index (Phi) is 5.99. The van der Waals surface area contributed by atoms with E-state index >= 15 is 0 Å². The number of halogens is 2. The van der Waals surface area contributed by atoms with Gasteiger partial charge in [0.05, 0.1) is 10.6 Å². The zero-order valence-corrected chi connectivity index (χ0v) is 15.5. The first kappa shape index (κ1) is 19.9. The molecule has 138 valence electrons. The van der Waals surface area contributed by atoms with E-state index in [1.54, 1.807) is 0 Å². The predicted octanol–water partition coefficient (Wildman–Crippen LogP) is 3.13. The number of anilines is 2. The summed E-state index contributed by atoms with van der Waals surface area (Å²) in [5.74, 6) is -1.12. The number of amides is 1. The number of hydrogen-bond donors (Lipinski definition) is 1. The summed E-state index contributed by atoms with van der Waals surface area (Å²) < 4.78 is 40.9. The van der Waals surface area contributed by atoms with E-state index in [4.69, 9.17) is 11.6 Å². The van der Waals surface area contributed by atoms with Gasteiger partial charge in [0.25, 0.3) is 10.0 Å². The van der Waals surface area contributed by atoms with E-state index in [1.165, 1.54) is 56.3 Å². The molecular weight excluding hydrogens is 383 g/mol. The summed E-state index contributed by atoms with van der Waals surface area (Å²) in [6, 6.07) is 9.14. The minimum Gasteiger partial charge on any atom is -0.326 e. The Hall–Kier alpha value is -2.45. The second-order valence-corrected chi connectivity index (χ2v) is 7.63. The zero-order chi connectivity index (χ0) is 19.5. The number of nitrogens with one attached hydrogen (secondary N) is 1. The van der Waals surface area contributed by atoms with E-state index in [0.717, 1.165) is 6.07 Å². The smallest absolute Gasteiger partial charge is 0.265 e. The monoisotopic (exact) mass is 398 g/mol. The van der Waals surface area contributed by atoms with Crippen LogP contribution in [0.3, 0.4) is 0 Å². The normalized spacial score (nSPS) is 12.3. The fourth-order valence-electron chi connectivity index (χ4n) is 2.30. The molecule has 1 unspecified atom stereocenters. The Morgan fingerprint density at radius 3 is 2.19 bits per heavy atom.